The molecule has 3 heteroatoms. The maximum atomic E-state index is 6.13. The molecule has 1 aromatic carbocycles. The van der Waals surface area contributed by atoms with Gasteiger partial charge >= 0.3 is 0 Å². The second kappa shape index (κ2) is 6.70. The first kappa shape index (κ1) is 15.5. The normalized spacial score (nSPS) is 19.2. The molecule has 20 heavy (non-hydrogen) atoms. The van der Waals surface area contributed by atoms with Crippen LogP contribution in [-0.4, -0.2) is 18.2 Å². The molecule has 0 heterocycles. The van der Waals surface area contributed by atoms with E-state index >= 15 is 0 Å². The van der Waals surface area contributed by atoms with Gasteiger partial charge < -0.3 is 4.74 Å². The van der Waals surface area contributed by atoms with Crippen LogP contribution in [0.2, 0.25) is 0 Å². The van der Waals surface area contributed by atoms with E-state index in [4.69, 9.17) is 10.6 Å². The van der Waals surface area contributed by atoms with Crippen molar-refractivity contribution in [2.24, 2.45) is 5.84 Å². The summed E-state index contributed by atoms with van der Waals surface area (Å²) in [4.78, 5) is 0. The zero-order chi connectivity index (χ0) is 14.6. The third-order valence-electron chi connectivity index (χ3n) is 4.44. The number of rotatable bonds is 6. The Balaban J connectivity index is 2.18. The quantitative estimate of drug-likeness (QED) is 0.620. The largest absolute Gasteiger partial charge is 0.374 e. The molecule has 0 aliphatic heterocycles. The van der Waals surface area contributed by atoms with Crippen LogP contribution in [0.1, 0.15) is 49.3 Å². The molecule has 1 aliphatic carbocycles. The predicted molar refractivity (Wildman–Crippen MR) is 83.6 cm³/mol. The minimum absolute atomic E-state index is 0.0822. The fourth-order valence-electron chi connectivity index (χ4n) is 3.67. The van der Waals surface area contributed by atoms with Crippen LogP contribution >= 0.6 is 0 Å². The van der Waals surface area contributed by atoms with Gasteiger partial charge in [-0.1, -0.05) is 42.2 Å². The first-order valence-electron chi connectivity index (χ1n) is 7.77. The lowest BCUT2D eigenvalue weighted by molar-refractivity contribution is -0.0613. The van der Waals surface area contributed by atoms with Gasteiger partial charge in [-0.25, -0.2) is 0 Å². The van der Waals surface area contributed by atoms with Gasteiger partial charge in [0.25, 0.3) is 0 Å². The van der Waals surface area contributed by atoms with E-state index in [2.05, 4.69) is 44.4 Å². The van der Waals surface area contributed by atoms with Crippen LogP contribution in [0.25, 0.3) is 0 Å². The Morgan fingerprint density at radius 3 is 2.30 bits per heavy atom. The maximum absolute atomic E-state index is 6.13. The van der Waals surface area contributed by atoms with Crippen molar-refractivity contribution in [1.29, 1.82) is 0 Å². The molecular weight excluding hydrogens is 248 g/mol. The first-order chi connectivity index (χ1) is 9.59. The fraction of sp³-hybridized carbons (Fsp3) is 0.647. The molecule has 0 saturated heterocycles. The van der Waals surface area contributed by atoms with Crippen LogP contribution in [-0.2, 0) is 11.2 Å². The lowest BCUT2D eigenvalue weighted by Gasteiger charge is -2.37. The van der Waals surface area contributed by atoms with E-state index in [-0.39, 0.29) is 11.6 Å². The molecule has 1 unspecified atom stereocenters. The lowest BCUT2D eigenvalue weighted by Crippen LogP contribution is -2.54. The molecule has 2 rings (SSSR count). The summed E-state index contributed by atoms with van der Waals surface area (Å²) in [5, 5.41) is 0. The van der Waals surface area contributed by atoms with Crippen LogP contribution in [0, 0.1) is 13.8 Å². The van der Waals surface area contributed by atoms with Crippen LogP contribution in [0.5, 0.6) is 0 Å². The lowest BCUT2D eigenvalue weighted by atomic mass is 9.87. The number of nitrogens with one attached hydrogen (secondary N) is 1. The van der Waals surface area contributed by atoms with Crippen LogP contribution in [0.3, 0.4) is 0 Å². The van der Waals surface area contributed by atoms with Crippen LogP contribution < -0.4 is 11.3 Å². The Morgan fingerprint density at radius 2 is 1.80 bits per heavy atom. The maximum Gasteiger partial charge on any atom is 0.0851 e. The molecule has 1 aliphatic rings. The highest BCUT2D eigenvalue weighted by atomic mass is 16.5. The number of hydrogen-bond acceptors (Lipinski definition) is 3. The molecule has 1 atom stereocenters. The second-order valence-electron chi connectivity index (χ2n) is 6.12. The van der Waals surface area contributed by atoms with Gasteiger partial charge in [-0.05, 0) is 45.6 Å². The van der Waals surface area contributed by atoms with Gasteiger partial charge in [0.05, 0.1) is 11.6 Å². The van der Waals surface area contributed by atoms with Crippen molar-refractivity contribution in [3.8, 4) is 0 Å². The predicted octanol–water partition coefficient (Wildman–Crippen LogP) is 3.03. The Kier molecular flexibility index (Phi) is 5.19. The summed E-state index contributed by atoms with van der Waals surface area (Å²) in [6, 6.07) is 6.91. The van der Waals surface area contributed by atoms with E-state index in [0.717, 1.165) is 25.9 Å². The van der Waals surface area contributed by atoms with Gasteiger partial charge in [-0.3, -0.25) is 11.3 Å². The van der Waals surface area contributed by atoms with E-state index in [9.17, 15) is 0 Å². The topological polar surface area (TPSA) is 47.3 Å². The van der Waals surface area contributed by atoms with Crippen molar-refractivity contribution in [1.82, 2.24) is 5.43 Å². The molecule has 1 saturated carbocycles. The standard InChI is InChI=1S/C17H28N2O/c1-4-20-17(7-5-6-8-17)16(19-18)12-15-10-13(2)9-14(3)11-15/h9-11,16,19H,4-8,12,18H2,1-3H3. The number of hydrazine groups is 1. The molecule has 0 spiro atoms. The summed E-state index contributed by atoms with van der Waals surface area (Å²) in [6.45, 7) is 7.13. The highest BCUT2D eigenvalue weighted by Gasteiger charge is 2.41. The van der Waals surface area contributed by atoms with Gasteiger partial charge in [0.1, 0.15) is 0 Å². The molecule has 0 bridgehead atoms. The average molecular weight is 276 g/mol. The second-order valence-corrected chi connectivity index (χ2v) is 6.12. The number of ether oxygens (including phenoxy) is 1. The SMILES string of the molecule is CCOC1(C(Cc2cc(C)cc(C)c2)NN)CCCC1. The monoisotopic (exact) mass is 276 g/mol. The van der Waals surface area contributed by atoms with Crippen LogP contribution in [0.4, 0.5) is 0 Å². The van der Waals surface area contributed by atoms with E-state index in [1.165, 1.54) is 29.5 Å². The molecule has 0 amide bonds. The zero-order valence-electron chi connectivity index (χ0n) is 13.0. The zero-order valence-corrected chi connectivity index (χ0v) is 13.0. The molecule has 3 nitrogen and oxygen atoms in total. The number of nitrogens with two attached hydrogens (primary N) is 1. The Hall–Kier alpha value is -0.900. The van der Waals surface area contributed by atoms with Crippen molar-refractivity contribution in [2.75, 3.05) is 6.61 Å². The summed E-state index contributed by atoms with van der Waals surface area (Å²) >= 11 is 0. The van der Waals surface area contributed by atoms with Gasteiger partial charge in [0, 0.05) is 6.61 Å². The van der Waals surface area contributed by atoms with Gasteiger partial charge in [0.2, 0.25) is 0 Å². The van der Waals surface area contributed by atoms with E-state index in [0.29, 0.717) is 0 Å². The van der Waals surface area contributed by atoms with E-state index in [1.54, 1.807) is 0 Å². The third-order valence-corrected chi connectivity index (χ3v) is 4.44. The molecule has 3 N–H and O–H groups in total. The summed E-state index contributed by atoms with van der Waals surface area (Å²) in [7, 11) is 0. The molecular formula is C17H28N2O. The Labute approximate surface area is 122 Å². The molecule has 0 aromatic heterocycles. The van der Waals surface area contributed by atoms with Crippen molar-refractivity contribution < 1.29 is 4.74 Å². The highest BCUT2D eigenvalue weighted by molar-refractivity contribution is 5.29. The van der Waals surface area contributed by atoms with Gasteiger partial charge in [0.15, 0.2) is 0 Å². The number of aryl methyl sites for hydroxylation is 2. The first-order valence-corrected chi connectivity index (χ1v) is 7.77. The molecule has 1 aromatic rings. The van der Waals surface area contributed by atoms with Crippen molar-refractivity contribution in [2.45, 2.75) is 64.5 Å². The molecule has 1 fully saturated rings. The van der Waals surface area contributed by atoms with Gasteiger partial charge in [-0.15, -0.1) is 0 Å². The molecule has 112 valence electrons. The summed E-state index contributed by atoms with van der Waals surface area (Å²) in [5.41, 5.74) is 6.92. The summed E-state index contributed by atoms with van der Waals surface area (Å²) in [6.07, 6.45) is 5.63. The minimum Gasteiger partial charge on any atom is -0.374 e. The average Bonchev–Trinajstić information content (AvgIpc) is 2.85. The van der Waals surface area contributed by atoms with Crippen molar-refractivity contribution in [3.63, 3.8) is 0 Å². The summed E-state index contributed by atoms with van der Waals surface area (Å²) < 4.78 is 6.13. The Morgan fingerprint density at radius 1 is 1.20 bits per heavy atom. The van der Waals surface area contributed by atoms with Crippen molar-refractivity contribution in [3.05, 3.63) is 34.9 Å². The molecule has 0 radical (unpaired) electrons. The number of benzene rings is 1. The number of hydrogen-bond donors (Lipinski definition) is 2. The van der Waals surface area contributed by atoms with E-state index < -0.39 is 0 Å². The highest BCUT2D eigenvalue weighted by Crippen LogP contribution is 2.37. The fourth-order valence-corrected chi connectivity index (χ4v) is 3.67. The third kappa shape index (κ3) is 3.40. The smallest absolute Gasteiger partial charge is 0.0851 e. The van der Waals surface area contributed by atoms with E-state index in [1.807, 2.05) is 0 Å². The van der Waals surface area contributed by atoms with Crippen LogP contribution in [0.15, 0.2) is 18.2 Å². The minimum atomic E-state index is -0.0822. The Bertz CT molecular complexity index is 418. The summed E-state index contributed by atoms with van der Waals surface area (Å²) in [5.74, 6) is 5.86. The van der Waals surface area contributed by atoms with Gasteiger partial charge in [-0.2, -0.15) is 0 Å². The van der Waals surface area contributed by atoms with Crippen molar-refractivity contribution >= 4 is 0 Å².